The maximum Gasteiger partial charge on any atom is 0.261 e. The first-order valence-corrected chi connectivity index (χ1v) is 26.0. The van der Waals surface area contributed by atoms with Crippen molar-refractivity contribution in [1.82, 2.24) is 9.97 Å². The van der Waals surface area contributed by atoms with Gasteiger partial charge in [0.25, 0.3) is 20.0 Å². The van der Waals surface area contributed by atoms with Crippen molar-refractivity contribution in [2.24, 2.45) is 0 Å². The lowest BCUT2D eigenvalue weighted by Gasteiger charge is -2.14. The number of hydrogen-bond donors (Lipinski definition) is 4. The van der Waals surface area contributed by atoms with Gasteiger partial charge < -0.3 is 11.1 Å². The van der Waals surface area contributed by atoms with E-state index in [1.807, 2.05) is 39.8 Å². The molecule has 2 heterocycles. The van der Waals surface area contributed by atoms with Crippen molar-refractivity contribution in [2.45, 2.75) is 49.4 Å². The number of nitrogens with one attached hydrogen (secondary N) is 3. The number of rotatable bonds is 15. The van der Waals surface area contributed by atoms with Gasteiger partial charge in [0, 0.05) is 57.0 Å². The number of ketones is 3. The van der Waals surface area contributed by atoms with Crippen molar-refractivity contribution in [3.63, 3.8) is 0 Å². The van der Waals surface area contributed by atoms with Crippen LogP contribution < -0.4 is 20.5 Å². The van der Waals surface area contributed by atoms with Crippen LogP contribution in [0.4, 0.5) is 22.9 Å². The van der Waals surface area contributed by atoms with Gasteiger partial charge >= 0.3 is 0 Å². The SMILES string of the molecule is CC(C)Nc1ccc(S(=O)(=O)Nc2ccc(Cl)cc2C(=O)c2ccccc2)cc1.CC(C)c1ccc(S(=O)(=O)Nc2cnccc2C(=O)c2ccccc2)cc1.Nc1ncc(Cl)cc1C(=O)c1ccccc1. The smallest absolute Gasteiger partial charge is 0.261 e. The largest absolute Gasteiger partial charge is 0.383 e. The highest BCUT2D eigenvalue weighted by Crippen LogP contribution is 2.28. The summed E-state index contributed by atoms with van der Waals surface area (Å²) in [6.07, 6.45) is 4.22. The monoisotopic (exact) mass is 1040 g/mol. The average Bonchev–Trinajstić information content (AvgIpc) is 3.38. The lowest BCUT2D eigenvalue weighted by molar-refractivity contribution is 0.103. The summed E-state index contributed by atoms with van der Waals surface area (Å²) in [5.74, 6) is -0.261. The molecule has 2 aromatic heterocycles. The molecule has 13 nitrogen and oxygen atoms in total. The predicted octanol–water partition coefficient (Wildman–Crippen LogP) is 12.0. The van der Waals surface area contributed by atoms with E-state index in [4.69, 9.17) is 28.9 Å². The van der Waals surface area contributed by atoms with Crippen LogP contribution in [0.25, 0.3) is 0 Å². The number of nitrogens with zero attached hydrogens (tertiary/aromatic N) is 2. The maximum absolute atomic E-state index is 12.9. The Balaban J connectivity index is 0.000000184. The molecule has 0 radical (unpaired) electrons. The number of aromatic nitrogens is 2. The fourth-order valence-electron chi connectivity index (χ4n) is 6.84. The van der Waals surface area contributed by atoms with Crippen LogP contribution in [0.1, 0.15) is 86.9 Å². The summed E-state index contributed by atoms with van der Waals surface area (Å²) < 4.78 is 56.2. The number of pyridine rings is 2. The van der Waals surface area contributed by atoms with Crippen LogP contribution >= 0.6 is 23.2 Å². The Bertz CT molecular complexity index is 3390. The Kier molecular flexibility index (Phi) is 18.2. The van der Waals surface area contributed by atoms with E-state index in [0.29, 0.717) is 38.2 Å². The average molecular weight is 1040 g/mol. The highest BCUT2D eigenvalue weighted by atomic mass is 35.5. The summed E-state index contributed by atoms with van der Waals surface area (Å²) in [7, 11) is -7.72. The molecule has 6 aromatic carbocycles. The molecule has 0 spiro atoms. The van der Waals surface area contributed by atoms with Gasteiger partial charge in [0.1, 0.15) is 5.82 Å². The van der Waals surface area contributed by atoms with E-state index in [1.54, 1.807) is 115 Å². The van der Waals surface area contributed by atoms with E-state index in [2.05, 4.69) is 24.7 Å². The Morgan fingerprint density at radius 2 is 0.972 bits per heavy atom. The van der Waals surface area contributed by atoms with Crippen molar-refractivity contribution in [2.75, 3.05) is 20.5 Å². The molecule has 0 aliphatic rings. The maximum atomic E-state index is 12.9. The first-order valence-electron chi connectivity index (χ1n) is 22.3. The van der Waals surface area contributed by atoms with Crippen molar-refractivity contribution in [3.05, 3.63) is 237 Å². The molecule has 8 aromatic rings. The normalized spacial score (nSPS) is 11.1. The number of carbonyl (C=O) groups excluding carboxylic acids is 3. The van der Waals surface area contributed by atoms with Crippen LogP contribution in [0.5, 0.6) is 0 Å². The third kappa shape index (κ3) is 14.5. The molecule has 0 saturated heterocycles. The number of anilines is 4. The number of hydrogen-bond acceptors (Lipinski definition) is 11. The summed E-state index contributed by atoms with van der Waals surface area (Å²) in [5.41, 5.74) is 10.1. The van der Waals surface area contributed by atoms with Crippen molar-refractivity contribution in [1.29, 1.82) is 0 Å². The number of sulfonamides is 2. The zero-order valence-corrected chi connectivity index (χ0v) is 42.6. The lowest BCUT2D eigenvalue weighted by atomic mass is 10.0. The molecule has 0 amide bonds. The lowest BCUT2D eigenvalue weighted by Crippen LogP contribution is -2.16. The minimum absolute atomic E-state index is 0.0971. The van der Waals surface area contributed by atoms with Crippen LogP contribution in [-0.4, -0.2) is 50.2 Å². The Morgan fingerprint density at radius 1 is 0.514 bits per heavy atom. The van der Waals surface area contributed by atoms with Crippen LogP contribution in [0.3, 0.4) is 0 Å². The van der Waals surface area contributed by atoms with Gasteiger partial charge in [0.2, 0.25) is 0 Å². The summed E-state index contributed by atoms with van der Waals surface area (Å²) in [5, 5.41) is 3.95. The fourth-order valence-corrected chi connectivity index (χ4v) is 9.31. The fraction of sp³-hybridized carbons (Fsp3) is 0.109. The molecule has 0 aliphatic carbocycles. The molecule has 0 fully saturated rings. The van der Waals surface area contributed by atoms with E-state index >= 15 is 0 Å². The van der Waals surface area contributed by atoms with Gasteiger partial charge in [0.15, 0.2) is 17.3 Å². The van der Waals surface area contributed by atoms with Crippen molar-refractivity contribution < 1.29 is 31.2 Å². The zero-order chi connectivity index (χ0) is 52.0. The molecule has 0 aliphatic heterocycles. The van der Waals surface area contributed by atoms with Gasteiger partial charge in [-0.1, -0.05) is 140 Å². The minimum Gasteiger partial charge on any atom is -0.383 e. The van der Waals surface area contributed by atoms with Crippen molar-refractivity contribution in [3.8, 4) is 0 Å². The third-order valence-electron chi connectivity index (χ3n) is 10.5. The van der Waals surface area contributed by atoms with E-state index in [0.717, 1.165) is 11.3 Å². The molecule has 8 rings (SSSR count). The highest BCUT2D eigenvalue weighted by molar-refractivity contribution is 7.93. The van der Waals surface area contributed by atoms with Gasteiger partial charge in [-0.15, -0.1) is 0 Å². The Labute approximate surface area is 429 Å². The van der Waals surface area contributed by atoms with Gasteiger partial charge in [-0.3, -0.25) is 28.8 Å². The molecule has 368 valence electrons. The van der Waals surface area contributed by atoms with E-state index in [-0.39, 0.29) is 61.5 Å². The van der Waals surface area contributed by atoms with Gasteiger partial charge in [0.05, 0.1) is 37.9 Å². The first-order chi connectivity index (χ1) is 34.3. The van der Waals surface area contributed by atoms with Gasteiger partial charge in [-0.2, -0.15) is 0 Å². The zero-order valence-electron chi connectivity index (χ0n) is 39.5. The Hall–Kier alpha value is -7.69. The number of carbonyl (C=O) groups is 3. The Morgan fingerprint density at radius 3 is 1.47 bits per heavy atom. The molecule has 0 bridgehead atoms. The van der Waals surface area contributed by atoms with Crippen LogP contribution in [0, 0.1) is 0 Å². The van der Waals surface area contributed by atoms with Crippen LogP contribution in [-0.2, 0) is 20.0 Å². The minimum atomic E-state index is -3.88. The first kappa shape index (κ1) is 53.7. The summed E-state index contributed by atoms with van der Waals surface area (Å²) in [4.78, 5) is 45.7. The second-order valence-corrected chi connectivity index (χ2v) is 20.8. The van der Waals surface area contributed by atoms with E-state index in [1.165, 1.54) is 61.1 Å². The van der Waals surface area contributed by atoms with Gasteiger partial charge in [-0.25, -0.2) is 21.8 Å². The molecule has 5 N–H and O–H groups in total. The van der Waals surface area contributed by atoms with E-state index < -0.39 is 20.0 Å². The van der Waals surface area contributed by atoms with Crippen LogP contribution in [0.2, 0.25) is 10.0 Å². The van der Waals surface area contributed by atoms with Gasteiger partial charge in [-0.05, 0) is 92.1 Å². The topological polar surface area (TPSA) is 207 Å². The summed E-state index contributed by atoms with van der Waals surface area (Å²) in [6, 6.07) is 47.1. The van der Waals surface area contributed by atoms with Crippen LogP contribution in [0.15, 0.2) is 198 Å². The quantitative estimate of drug-likeness (QED) is 0.0710. The summed E-state index contributed by atoms with van der Waals surface area (Å²) in [6.45, 7) is 8.08. The highest BCUT2D eigenvalue weighted by Gasteiger charge is 2.22. The second kappa shape index (κ2) is 24.4. The third-order valence-corrected chi connectivity index (χ3v) is 13.7. The standard InChI is InChI=1S/C22H21ClN2O3S.C21H20N2O3S.C12H9ClN2O/c1-15(2)24-18-9-11-19(12-10-18)29(27,28)25-21-13-8-17(23)14-20(21)22(26)16-6-4-3-5-7-16;1-15(2)16-8-10-18(11-9-16)27(25,26)23-20-14-22-13-12-19(20)21(24)17-6-4-3-5-7-17;13-9-6-10(12(14)15-7-9)11(16)8-4-2-1-3-5-8/h3-15,24-25H,1-2H3;3-15,23H,1-2H3;1-7H,(H2,14,15). The molecule has 0 unspecified atom stereocenters. The second-order valence-electron chi connectivity index (χ2n) is 16.5. The number of nitrogen functional groups attached to an aromatic ring is 1. The predicted molar refractivity (Wildman–Crippen MR) is 286 cm³/mol. The number of halogens is 2. The molecule has 72 heavy (non-hydrogen) atoms. The molecule has 17 heteroatoms. The van der Waals surface area contributed by atoms with E-state index in [9.17, 15) is 31.2 Å². The molecular weight excluding hydrogens is 992 g/mol. The number of nitrogens with two attached hydrogens (primary N) is 1. The molecular formula is C55H50Cl2N6O7S2. The summed E-state index contributed by atoms with van der Waals surface area (Å²) >= 11 is 11.8. The number of benzene rings is 6. The molecule has 0 atom stereocenters. The van der Waals surface area contributed by atoms with Crippen molar-refractivity contribution >= 4 is 83.5 Å². The molecule has 0 saturated carbocycles.